The zero-order valence-electron chi connectivity index (χ0n) is 8.27. The maximum Gasteiger partial charge on any atom is 0.168 e. The molecule has 1 fully saturated rings. The Kier molecular flexibility index (Phi) is 2.63. The second-order valence-electron chi connectivity index (χ2n) is 3.59. The van der Waals surface area contributed by atoms with Crippen molar-refractivity contribution in [1.82, 2.24) is 9.78 Å². The Morgan fingerprint density at radius 2 is 2.50 bits per heavy atom. The van der Waals surface area contributed by atoms with Gasteiger partial charge in [0.15, 0.2) is 6.29 Å². The molecular formula is C10H14N2O2. The molecule has 1 saturated carbocycles. The molecule has 4 nitrogen and oxygen atoms in total. The normalized spacial score (nSPS) is 15.8. The van der Waals surface area contributed by atoms with Gasteiger partial charge in [0, 0.05) is 12.7 Å². The minimum Gasteiger partial charge on any atom is -0.383 e. The molecule has 0 N–H and O–H groups in total. The van der Waals surface area contributed by atoms with Crippen LogP contribution in [0.25, 0.3) is 0 Å². The van der Waals surface area contributed by atoms with Crippen molar-refractivity contribution < 1.29 is 9.53 Å². The van der Waals surface area contributed by atoms with Crippen LogP contribution in [0.2, 0.25) is 0 Å². The van der Waals surface area contributed by atoms with E-state index in [2.05, 4.69) is 5.10 Å². The van der Waals surface area contributed by atoms with Crippen molar-refractivity contribution >= 4 is 6.29 Å². The smallest absolute Gasteiger partial charge is 0.168 e. The van der Waals surface area contributed by atoms with E-state index in [1.807, 2.05) is 6.20 Å². The summed E-state index contributed by atoms with van der Waals surface area (Å²) in [5, 5.41) is 4.19. The molecule has 1 aromatic rings. The van der Waals surface area contributed by atoms with Gasteiger partial charge in [-0.25, -0.2) is 0 Å². The van der Waals surface area contributed by atoms with Crippen LogP contribution in [0.5, 0.6) is 0 Å². The van der Waals surface area contributed by atoms with Crippen molar-refractivity contribution in [2.45, 2.75) is 25.3 Å². The summed E-state index contributed by atoms with van der Waals surface area (Å²) in [7, 11) is 1.64. The van der Waals surface area contributed by atoms with Gasteiger partial charge in [0.25, 0.3) is 0 Å². The second kappa shape index (κ2) is 3.92. The number of rotatable bonds is 5. The highest BCUT2D eigenvalue weighted by molar-refractivity contribution is 5.75. The maximum absolute atomic E-state index is 10.9. The minimum absolute atomic E-state index is 0.575. The molecule has 0 amide bonds. The summed E-state index contributed by atoms with van der Waals surface area (Å²) in [5.74, 6) is 0.575. The molecule has 0 unspecified atom stereocenters. The van der Waals surface area contributed by atoms with Gasteiger partial charge in [0.1, 0.15) is 5.69 Å². The molecule has 1 aliphatic carbocycles. The van der Waals surface area contributed by atoms with Gasteiger partial charge in [-0.15, -0.1) is 0 Å². The molecule has 0 atom stereocenters. The van der Waals surface area contributed by atoms with Crippen molar-refractivity contribution in [3.8, 4) is 0 Å². The lowest BCUT2D eigenvalue weighted by atomic mass is 10.2. The van der Waals surface area contributed by atoms with Gasteiger partial charge in [-0.1, -0.05) is 0 Å². The third kappa shape index (κ3) is 1.70. The second-order valence-corrected chi connectivity index (χ2v) is 3.59. The molecule has 0 spiro atoms. The fourth-order valence-corrected chi connectivity index (χ4v) is 1.60. The number of ether oxygens (including phenoxy) is 1. The molecule has 1 aromatic heterocycles. The van der Waals surface area contributed by atoms with Crippen molar-refractivity contribution in [2.24, 2.45) is 0 Å². The lowest BCUT2D eigenvalue weighted by Gasteiger charge is -2.02. The predicted octanol–water partition coefficient (Wildman–Crippen LogP) is 1.22. The monoisotopic (exact) mass is 194 g/mol. The highest BCUT2D eigenvalue weighted by atomic mass is 16.5. The number of hydrogen-bond donors (Lipinski definition) is 0. The molecule has 1 heterocycles. The van der Waals surface area contributed by atoms with E-state index in [0.717, 1.165) is 17.5 Å². The molecule has 4 heteroatoms. The van der Waals surface area contributed by atoms with Crippen LogP contribution < -0.4 is 0 Å². The van der Waals surface area contributed by atoms with E-state index in [1.165, 1.54) is 12.8 Å². The van der Waals surface area contributed by atoms with E-state index in [0.29, 0.717) is 19.1 Å². The van der Waals surface area contributed by atoms with E-state index in [9.17, 15) is 4.79 Å². The number of carbonyl (C=O) groups excluding carboxylic acids is 1. The topological polar surface area (TPSA) is 44.1 Å². The van der Waals surface area contributed by atoms with Crippen LogP contribution in [0.1, 0.15) is 34.8 Å². The summed E-state index contributed by atoms with van der Waals surface area (Å²) in [6, 6.07) is 0. The highest BCUT2D eigenvalue weighted by Gasteiger charge is 2.28. The van der Waals surface area contributed by atoms with Crippen molar-refractivity contribution in [2.75, 3.05) is 13.7 Å². The quantitative estimate of drug-likeness (QED) is 0.662. The molecule has 1 aliphatic rings. The van der Waals surface area contributed by atoms with E-state index >= 15 is 0 Å². The van der Waals surface area contributed by atoms with Crippen molar-refractivity contribution in [3.05, 3.63) is 17.5 Å². The maximum atomic E-state index is 10.9. The summed E-state index contributed by atoms with van der Waals surface area (Å²) < 4.78 is 6.68. The van der Waals surface area contributed by atoms with Gasteiger partial charge >= 0.3 is 0 Å². The van der Waals surface area contributed by atoms with Gasteiger partial charge in [-0.3, -0.25) is 9.48 Å². The number of hydrogen-bond acceptors (Lipinski definition) is 3. The molecule has 0 aliphatic heterocycles. The Morgan fingerprint density at radius 3 is 3.07 bits per heavy atom. The van der Waals surface area contributed by atoms with Crippen LogP contribution in [0.15, 0.2) is 6.20 Å². The molecule has 0 saturated heterocycles. The summed E-state index contributed by atoms with van der Waals surface area (Å²) in [4.78, 5) is 10.9. The zero-order chi connectivity index (χ0) is 9.97. The first kappa shape index (κ1) is 9.40. The summed E-state index contributed by atoms with van der Waals surface area (Å²) in [5.41, 5.74) is 1.83. The van der Waals surface area contributed by atoms with Gasteiger partial charge in [-0.05, 0) is 18.8 Å². The lowest BCUT2D eigenvalue weighted by molar-refractivity contribution is 0.110. The summed E-state index contributed by atoms with van der Waals surface area (Å²) >= 11 is 0. The molecule has 0 radical (unpaired) electrons. The van der Waals surface area contributed by atoms with Gasteiger partial charge in [0.05, 0.1) is 19.3 Å². The average Bonchev–Trinajstić information content (AvgIpc) is 2.96. The number of methoxy groups -OCH3 is 1. The Morgan fingerprint density at radius 1 is 1.71 bits per heavy atom. The molecule has 14 heavy (non-hydrogen) atoms. The largest absolute Gasteiger partial charge is 0.383 e. The Hall–Kier alpha value is -1.16. The molecule has 2 rings (SSSR count). The van der Waals surface area contributed by atoms with E-state index in [-0.39, 0.29) is 0 Å². The first-order valence-electron chi connectivity index (χ1n) is 4.86. The standard InChI is InChI=1S/C10H14N2O2/c1-14-5-4-12-10(7-13)9(6-11-12)8-2-3-8/h6-8H,2-5H2,1H3. The Labute approximate surface area is 82.9 Å². The average molecular weight is 194 g/mol. The third-order valence-corrected chi connectivity index (χ3v) is 2.55. The first-order valence-corrected chi connectivity index (χ1v) is 4.86. The fraction of sp³-hybridized carbons (Fsp3) is 0.600. The van der Waals surface area contributed by atoms with Crippen molar-refractivity contribution in [1.29, 1.82) is 0 Å². The van der Waals surface area contributed by atoms with Crippen LogP contribution in [0.4, 0.5) is 0 Å². The first-order chi connectivity index (χ1) is 6.86. The molecular weight excluding hydrogens is 180 g/mol. The van der Waals surface area contributed by atoms with E-state index in [4.69, 9.17) is 4.74 Å². The molecule has 0 bridgehead atoms. The Balaban J connectivity index is 2.17. The summed E-state index contributed by atoms with van der Waals surface area (Å²) in [6.07, 6.45) is 5.10. The third-order valence-electron chi connectivity index (χ3n) is 2.55. The molecule has 0 aromatic carbocycles. The lowest BCUT2D eigenvalue weighted by Crippen LogP contribution is -2.09. The van der Waals surface area contributed by atoms with Gasteiger partial charge in [0.2, 0.25) is 0 Å². The SMILES string of the molecule is COCCn1ncc(C2CC2)c1C=O. The zero-order valence-corrected chi connectivity index (χ0v) is 8.27. The number of aldehydes is 1. The van der Waals surface area contributed by atoms with Crippen molar-refractivity contribution in [3.63, 3.8) is 0 Å². The van der Waals surface area contributed by atoms with Crippen LogP contribution in [-0.2, 0) is 11.3 Å². The van der Waals surface area contributed by atoms with Crippen LogP contribution in [0.3, 0.4) is 0 Å². The predicted molar refractivity (Wildman–Crippen MR) is 51.5 cm³/mol. The fourth-order valence-electron chi connectivity index (χ4n) is 1.60. The highest BCUT2D eigenvalue weighted by Crippen LogP contribution is 2.41. The number of carbonyl (C=O) groups is 1. The van der Waals surface area contributed by atoms with Gasteiger partial charge < -0.3 is 4.74 Å². The number of nitrogens with zero attached hydrogens (tertiary/aromatic N) is 2. The van der Waals surface area contributed by atoms with Crippen LogP contribution in [-0.4, -0.2) is 29.8 Å². The summed E-state index contributed by atoms with van der Waals surface area (Å²) in [6.45, 7) is 1.24. The van der Waals surface area contributed by atoms with E-state index in [1.54, 1.807) is 11.8 Å². The van der Waals surface area contributed by atoms with Gasteiger partial charge in [-0.2, -0.15) is 5.10 Å². The molecule has 76 valence electrons. The van der Waals surface area contributed by atoms with Crippen LogP contribution >= 0.6 is 0 Å². The van der Waals surface area contributed by atoms with Crippen LogP contribution in [0, 0.1) is 0 Å². The minimum atomic E-state index is 0.575. The Bertz CT molecular complexity index is 329. The van der Waals surface area contributed by atoms with E-state index < -0.39 is 0 Å². The number of aromatic nitrogens is 2.